The second-order valence-corrected chi connectivity index (χ2v) is 13.1. The minimum Gasteiger partial charge on any atom is -0.0654 e. The van der Waals surface area contributed by atoms with Crippen molar-refractivity contribution in [2.75, 3.05) is 0 Å². The molecule has 0 aliphatic carbocycles. The molecule has 0 atom stereocenters. The standard InChI is InChI=1S/C29H38Si/c1-5-6-7-8-9-10-23-30(27-17-11-24(2)12-18-27,28-19-13-25(3)14-20-28)29-21-15-26(4)16-22-29/h11-22H,5-10,23H2,1-4H3. The summed E-state index contributed by atoms with van der Waals surface area (Å²) < 4.78 is 0. The van der Waals surface area contributed by atoms with Gasteiger partial charge in [0.2, 0.25) is 0 Å². The fraction of sp³-hybridized carbons (Fsp3) is 0.379. The number of hydrogen-bond acceptors (Lipinski definition) is 0. The Morgan fingerprint density at radius 2 is 0.800 bits per heavy atom. The van der Waals surface area contributed by atoms with Crippen molar-refractivity contribution >= 4 is 23.6 Å². The smallest absolute Gasteiger partial charge is 0.0654 e. The first-order chi connectivity index (χ1) is 14.6. The van der Waals surface area contributed by atoms with Crippen molar-refractivity contribution in [1.82, 2.24) is 0 Å². The lowest BCUT2D eigenvalue weighted by Gasteiger charge is -2.34. The monoisotopic (exact) mass is 414 g/mol. The summed E-state index contributed by atoms with van der Waals surface area (Å²) in [6, 6.07) is 29.6. The average molecular weight is 415 g/mol. The van der Waals surface area contributed by atoms with Crippen molar-refractivity contribution in [2.45, 2.75) is 72.3 Å². The Bertz CT molecular complexity index is 778. The molecule has 0 aromatic heterocycles. The second kappa shape index (κ2) is 10.8. The van der Waals surface area contributed by atoms with E-state index in [1.807, 2.05) is 0 Å². The molecule has 158 valence electrons. The Morgan fingerprint density at radius 3 is 1.17 bits per heavy atom. The van der Waals surface area contributed by atoms with Gasteiger partial charge in [-0.2, -0.15) is 0 Å². The first kappa shape index (κ1) is 22.6. The van der Waals surface area contributed by atoms with Crippen molar-refractivity contribution in [3.05, 3.63) is 89.5 Å². The molecule has 30 heavy (non-hydrogen) atoms. The number of benzene rings is 3. The summed E-state index contributed by atoms with van der Waals surface area (Å²) >= 11 is 0. The van der Waals surface area contributed by atoms with Crippen molar-refractivity contribution in [3.63, 3.8) is 0 Å². The van der Waals surface area contributed by atoms with Crippen LogP contribution in [-0.2, 0) is 0 Å². The van der Waals surface area contributed by atoms with Gasteiger partial charge in [-0.15, -0.1) is 0 Å². The minimum atomic E-state index is -2.06. The molecule has 3 aromatic rings. The molecule has 0 saturated heterocycles. The van der Waals surface area contributed by atoms with Crippen LogP contribution in [-0.4, -0.2) is 8.07 Å². The zero-order valence-corrected chi connectivity index (χ0v) is 20.4. The van der Waals surface area contributed by atoms with Gasteiger partial charge in [0, 0.05) is 0 Å². The molecule has 0 fully saturated rings. The fourth-order valence-corrected chi connectivity index (χ4v) is 9.47. The first-order valence-corrected chi connectivity index (χ1v) is 14.0. The Labute approximate surface area is 185 Å². The maximum atomic E-state index is 2.42. The Kier molecular flexibility index (Phi) is 8.10. The normalized spacial score (nSPS) is 11.6. The predicted octanol–water partition coefficient (Wildman–Crippen LogP) is 6.44. The zero-order chi connectivity index (χ0) is 21.4. The van der Waals surface area contributed by atoms with Gasteiger partial charge in [0.15, 0.2) is 0 Å². The number of rotatable bonds is 10. The zero-order valence-electron chi connectivity index (χ0n) is 19.4. The van der Waals surface area contributed by atoms with Gasteiger partial charge in [-0.3, -0.25) is 0 Å². The molecule has 0 amide bonds. The summed E-state index contributed by atoms with van der Waals surface area (Å²) in [4.78, 5) is 0. The quantitative estimate of drug-likeness (QED) is 0.203. The van der Waals surface area contributed by atoms with Crippen LogP contribution in [0.1, 0.15) is 62.1 Å². The Morgan fingerprint density at radius 1 is 0.467 bits per heavy atom. The third-order valence-electron chi connectivity index (χ3n) is 6.54. The summed E-state index contributed by atoms with van der Waals surface area (Å²) in [6.07, 6.45) is 8.09. The molecular weight excluding hydrogens is 376 g/mol. The number of hydrogen-bond donors (Lipinski definition) is 0. The van der Waals surface area contributed by atoms with E-state index in [4.69, 9.17) is 0 Å². The highest BCUT2D eigenvalue weighted by molar-refractivity contribution is 7.11. The van der Waals surface area contributed by atoms with Crippen LogP contribution in [0.2, 0.25) is 6.04 Å². The van der Waals surface area contributed by atoms with E-state index in [1.165, 1.54) is 61.3 Å². The van der Waals surface area contributed by atoms with Gasteiger partial charge in [0.25, 0.3) is 0 Å². The molecule has 0 nitrogen and oxygen atoms in total. The van der Waals surface area contributed by atoms with Crippen LogP contribution in [0.3, 0.4) is 0 Å². The van der Waals surface area contributed by atoms with Gasteiger partial charge in [-0.25, -0.2) is 0 Å². The Balaban J connectivity index is 2.06. The van der Waals surface area contributed by atoms with E-state index in [2.05, 4.69) is 100 Å². The SMILES string of the molecule is CCCCCCCC[Si](c1ccc(C)cc1)(c1ccc(C)cc1)c1ccc(C)cc1. The molecule has 3 rings (SSSR count). The second-order valence-electron chi connectivity index (χ2n) is 9.02. The molecule has 0 saturated carbocycles. The van der Waals surface area contributed by atoms with E-state index >= 15 is 0 Å². The third kappa shape index (κ3) is 5.32. The van der Waals surface area contributed by atoms with Gasteiger partial charge in [0.05, 0.1) is 0 Å². The first-order valence-electron chi connectivity index (χ1n) is 11.8. The molecule has 0 aliphatic rings. The van der Waals surface area contributed by atoms with Gasteiger partial charge in [0.1, 0.15) is 8.07 Å². The highest BCUT2D eigenvalue weighted by Crippen LogP contribution is 2.19. The van der Waals surface area contributed by atoms with E-state index in [1.54, 1.807) is 15.6 Å². The van der Waals surface area contributed by atoms with E-state index in [9.17, 15) is 0 Å². The fourth-order valence-electron chi connectivity index (χ4n) is 4.62. The minimum absolute atomic E-state index is 1.29. The summed E-state index contributed by atoms with van der Waals surface area (Å²) in [5.41, 5.74) is 4.03. The van der Waals surface area contributed by atoms with E-state index in [-0.39, 0.29) is 0 Å². The molecule has 0 spiro atoms. The van der Waals surface area contributed by atoms with Crippen LogP contribution in [0, 0.1) is 20.8 Å². The lowest BCUT2D eigenvalue weighted by atomic mass is 10.1. The number of aryl methyl sites for hydroxylation is 3. The third-order valence-corrected chi connectivity index (χ3v) is 11.6. The Hall–Kier alpha value is -2.12. The van der Waals surface area contributed by atoms with E-state index in [0.717, 1.165) is 0 Å². The van der Waals surface area contributed by atoms with Crippen LogP contribution >= 0.6 is 0 Å². The summed E-state index contributed by atoms with van der Waals surface area (Å²) in [7, 11) is -2.06. The lowest BCUT2D eigenvalue weighted by Crippen LogP contribution is -2.67. The molecule has 0 heterocycles. The lowest BCUT2D eigenvalue weighted by molar-refractivity contribution is 0.623. The molecule has 0 N–H and O–H groups in total. The van der Waals surface area contributed by atoms with Crippen LogP contribution in [0.15, 0.2) is 72.8 Å². The predicted molar refractivity (Wildman–Crippen MR) is 136 cm³/mol. The summed E-state index contributed by atoms with van der Waals surface area (Å²) in [6.45, 7) is 8.87. The van der Waals surface area contributed by atoms with Crippen molar-refractivity contribution in [1.29, 1.82) is 0 Å². The van der Waals surface area contributed by atoms with E-state index in [0.29, 0.717) is 0 Å². The molecule has 0 aliphatic heterocycles. The van der Waals surface area contributed by atoms with E-state index < -0.39 is 8.07 Å². The highest BCUT2D eigenvalue weighted by Gasteiger charge is 2.38. The van der Waals surface area contributed by atoms with Crippen molar-refractivity contribution < 1.29 is 0 Å². The molecule has 1 heteroatoms. The topological polar surface area (TPSA) is 0 Å². The highest BCUT2D eigenvalue weighted by atomic mass is 28.3. The van der Waals surface area contributed by atoms with Gasteiger partial charge < -0.3 is 0 Å². The molecule has 0 bridgehead atoms. The summed E-state index contributed by atoms with van der Waals surface area (Å²) in [5.74, 6) is 0. The maximum Gasteiger partial charge on any atom is 0.148 e. The average Bonchev–Trinajstić information content (AvgIpc) is 2.76. The maximum absolute atomic E-state index is 2.42. The summed E-state index contributed by atoms with van der Waals surface area (Å²) in [5, 5.41) is 4.65. The van der Waals surface area contributed by atoms with Crippen LogP contribution in [0.4, 0.5) is 0 Å². The molecule has 0 radical (unpaired) electrons. The molecule has 0 unspecified atom stereocenters. The van der Waals surface area contributed by atoms with Gasteiger partial charge in [-0.05, 0) is 42.4 Å². The van der Waals surface area contributed by atoms with Crippen molar-refractivity contribution in [2.24, 2.45) is 0 Å². The van der Waals surface area contributed by atoms with Gasteiger partial charge >= 0.3 is 0 Å². The largest absolute Gasteiger partial charge is 0.148 e. The van der Waals surface area contributed by atoms with Crippen LogP contribution in [0.25, 0.3) is 0 Å². The van der Waals surface area contributed by atoms with Gasteiger partial charge in [-0.1, -0.05) is 135 Å². The van der Waals surface area contributed by atoms with Crippen molar-refractivity contribution in [3.8, 4) is 0 Å². The van der Waals surface area contributed by atoms with Crippen LogP contribution < -0.4 is 15.6 Å². The molecule has 3 aromatic carbocycles. The molecular formula is C29H38Si. The number of unbranched alkanes of at least 4 members (excludes halogenated alkanes) is 5. The van der Waals surface area contributed by atoms with Crippen LogP contribution in [0.5, 0.6) is 0 Å².